The van der Waals surface area contributed by atoms with Crippen molar-refractivity contribution in [2.75, 3.05) is 19.1 Å². The van der Waals surface area contributed by atoms with Gasteiger partial charge in [0.1, 0.15) is 0 Å². The summed E-state index contributed by atoms with van der Waals surface area (Å²) < 4.78 is 27.0. The van der Waals surface area contributed by atoms with Crippen LogP contribution >= 0.6 is 11.8 Å². The number of aromatic nitrogens is 1. The number of sulfonamides is 1. The van der Waals surface area contributed by atoms with Crippen LogP contribution in [0.2, 0.25) is 0 Å². The van der Waals surface area contributed by atoms with Crippen LogP contribution in [0, 0.1) is 0 Å². The lowest BCUT2D eigenvalue weighted by Gasteiger charge is -2.14. The van der Waals surface area contributed by atoms with E-state index >= 15 is 0 Å². The average molecular weight is 291 g/mol. The van der Waals surface area contributed by atoms with Crippen LogP contribution in [-0.4, -0.2) is 38.5 Å². The summed E-state index contributed by atoms with van der Waals surface area (Å²) in [7, 11) is -1.60. The molecule has 7 heteroatoms. The first-order valence-corrected chi connectivity index (χ1v) is 8.74. The summed E-state index contributed by atoms with van der Waals surface area (Å²) in [5.74, 6) is 0.781. The maximum Gasteiger partial charge on any atom is 0.242 e. The number of nitrogens with one attached hydrogen (secondary N) is 3. The Labute approximate surface area is 113 Å². The van der Waals surface area contributed by atoms with Gasteiger partial charge in [-0.05, 0) is 25.8 Å². The van der Waals surface area contributed by atoms with Gasteiger partial charge in [0.15, 0.2) is 0 Å². The van der Waals surface area contributed by atoms with E-state index in [1.165, 1.54) is 6.20 Å². The summed E-state index contributed by atoms with van der Waals surface area (Å²) >= 11 is 1.64. The van der Waals surface area contributed by atoms with Gasteiger partial charge >= 0.3 is 0 Å². The highest BCUT2D eigenvalue weighted by molar-refractivity contribution is 7.98. The lowest BCUT2D eigenvalue weighted by Crippen LogP contribution is -2.35. The summed E-state index contributed by atoms with van der Waals surface area (Å²) in [4.78, 5) is 3.25. The fourth-order valence-corrected chi connectivity index (χ4v) is 3.75. The molecule has 0 aliphatic carbocycles. The Morgan fingerprint density at radius 3 is 2.78 bits per heavy atom. The molecule has 1 atom stereocenters. The molecule has 18 heavy (non-hydrogen) atoms. The zero-order valence-electron chi connectivity index (χ0n) is 11.0. The highest BCUT2D eigenvalue weighted by Crippen LogP contribution is 2.13. The second-order valence-corrected chi connectivity index (χ2v) is 6.70. The van der Waals surface area contributed by atoms with Crippen LogP contribution in [0.25, 0.3) is 0 Å². The Bertz CT molecular complexity index is 457. The number of hydrogen-bond acceptors (Lipinski definition) is 4. The molecule has 1 rings (SSSR count). The van der Waals surface area contributed by atoms with Crippen molar-refractivity contribution in [2.45, 2.75) is 30.8 Å². The molecule has 0 aliphatic heterocycles. The smallest absolute Gasteiger partial charge is 0.242 e. The third kappa shape index (κ3) is 4.31. The van der Waals surface area contributed by atoms with E-state index in [1.54, 1.807) is 17.8 Å². The summed E-state index contributed by atoms with van der Waals surface area (Å²) in [6.45, 7) is 2.60. The van der Waals surface area contributed by atoms with Gasteiger partial charge in [-0.3, -0.25) is 0 Å². The van der Waals surface area contributed by atoms with E-state index in [2.05, 4.69) is 15.0 Å². The number of aromatic amines is 1. The van der Waals surface area contributed by atoms with Gasteiger partial charge in [-0.25, -0.2) is 13.1 Å². The molecule has 1 unspecified atom stereocenters. The van der Waals surface area contributed by atoms with Crippen LogP contribution < -0.4 is 10.0 Å². The van der Waals surface area contributed by atoms with E-state index in [4.69, 9.17) is 0 Å². The summed E-state index contributed by atoms with van der Waals surface area (Å²) in [6.07, 6.45) is 4.28. The fourth-order valence-electron chi connectivity index (χ4n) is 1.59. The lowest BCUT2D eigenvalue weighted by molar-refractivity contribution is 0.558. The van der Waals surface area contributed by atoms with Gasteiger partial charge < -0.3 is 10.3 Å². The molecule has 0 aromatic carbocycles. The second-order valence-electron chi connectivity index (χ2n) is 4.07. The fraction of sp³-hybridized carbons (Fsp3) is 0.636. The highest BCUT2D eigenvalue weighted by Gasteiger charge is 2.19. The van der Waals surface area contributed by atoms with E-state index in [-0.39, 0.29) is 6.04 Å². The molecule has 5 nitrogen and oxygen atoms in total. The molecule has 0 saturated carbocycles. The van der Waals surface area contributed by atoms with Crippen molar-refractivity contribution in [1.82, 2.24) is 15.0 Å². The number of thioether (sulfide) groups is 1. The molecule has 0 aliphatic rings. The molecular weight excluding hydrogens is 270 g/mol. The lowest BCUT2D eigenvalue weighted by atomic mass is 10.3. The molecule has 0 saturated heterocycles. The molecule has 0 fully saturated rings. The Morgan fingerprint density at radius 2 is 2.22 bits per heavy atom. The standard InChI is InChI=1S/C11H21N3O2S2/c1-4-9(8-17-3)14-18(15,16)11-5-10(6-12-2)13-7-11/h5,7,9,12-14H,4,6,8H2,1-3H3. The van der Waals surface area contributed by atoms with Crippen LogP contribution in [-0.2, 0) is 16.6 Å². The van der Waals surface area contributed by atoms with Crippen molar-refractivity contribution >= 4 is 21.8 Å². The van der Waals surface area contributed by atoms with Crippen molar-refractivity contribution in [3.8, 4) is 0 Å². The van der Waals surface area contributed by atoms with Crippen LogP contribution in [0.4, 0.5) is 0 Å². The van der Waals surface area contributed by atoms with Crippen LogP contribution in [0.15, 0.2) is 17.2 Å². The Balaban J connectivity index is 2.78. The molecule has 0 radical (unpaired) electrons. The quantitative estimate of drug-likeness (QED) is 0.672. The zero-order valence-corrected chi connectivity index (χ0v) is 12.6. The predicted molar refractivity (Wildman–Crippen MR) is 76.3 cm³/mol. The predicted octanol–water partition coefficient (Wildman–Crippen LogP) is 1.15. The van der Waals surface area contributed by atoms with Gasteiger partial charge in [-0.1, -0.05) is 6.92 Å². The average Bonchev–Trinajstić information content (AvgIpc) is 2.78. The van der Waals surface area contributed by atoms with Crippen LogP contribution in [0.3, 0.4) is 0 Å². The van der Waals surface area contributed by atoms with Gasteiger partial charge in [0.25, 0.3) is 0 Å². The van der Waals surface area contributed by atoms with E-state index < -0.39 is 10.0 Å². The molecule has 0 spiro atoms. The molecule has 1 aromatic rings. The Morgan fingerprint density at radius 1 is 1.50 bits per heavy atom. The summed E-state index contributed by atoms with van der Waals surface area (Å²) in [5.41, 5.74) is 0.857. The molecule has 1 aromatic heterocycles. The van der Waals surface area contributed by atoms with Crippen molar-refractivity contribution in [3.63, 3.8) is 0 Å². The van der Waals surface area contributed by atoms with Gasteiger partial charge in [0.05, 0.1) is 4.90 Å². The molecule has 3 N–H and O–H groups in total. The van der Waals surface area contributed by atoms with Crippen molar-refractivity contribution in [2.24, 2.45) is 0 Å². The maximum absolute atomic E-state index is 12.1. The first-order valence-electron chi connectivity index (χ1n) is 5.86. The van der Waals surface area contributed by atoms with Gasteiger partial charge in [0, 0.05) is 30.2 Å². The number of H-pyrrole nitrogens is 1. The van der Waals surface area contributed by atoms with Crippen molar-refractivity contribution < 1.29 is 8.42 Å². The minimum absolute atomic E-state index is 0.0207. The van der Waals surface area contributed by atoms with Crippen LogP contribution in [0.1, 0.15) is 19.0 Å². The molecule has 0 amide bonds. The highest BCUT2D eigenvalue weighted by atomic mass is 32.2. The largest absolute Gasteiger partial charge is 0.363 e. The maximum atomic E-state index is 12.1. The Kier molecular flexibility index (Phi) is 6.20. The van der Waals surface area contributed by atoms with E-state index in [9.17, 15) is 8.42 Å². The van der Waals surface area contributed by atoms with E-state index in [0.717, 1.165) is 17.9 Å². The van der Waals surface area contributed by atoms with Gasteiger partial charge in [-0.2, -0.15) is 11.8 Å². The first-order chi connectivity index (χ1) is 8.53. The van der Waals surface area contributed by atoms with Crippen molar-refractivity contribution in [3.05, 3.63) is 18.0 Å². The first kappa shape index (κ1) is 15.6. The monoisotopic (exact) mass is 291 g/mol. The molecule has 0 bridgehead atoms. The summed E-state index contributed by atoms with van der Waals surface area (Å²) in [5, 5.41) is 2.97. The topological polar surface area (TPSA) is 74.0 Å². The molecular formula is C11H21N3O2S2. The molecule has 104 valence electrons. The second kappa shape index (κ2) is 7.18. The minimum atomic E-state index is -3.41. The van der Waals surface area contributed by atoms with Gasteiger partial charge in [0.2, 0.25) is 10.0 Å². The third-order valence-electron chi connectivity index (χ3n) is 2.58. The molecule has 1 heterocycles. The third-order valence-corrected chi connectivity index (χ3v) is 4.81. The van der Waals surface area contributed by atoms with E-state index in [0.29, 0.717) is 11.4 Å². The van der Waals surface area contributed by atoms with E-state index in [1.807, 2.05) is 20.2 Å². The zero-order chi connectivity index (χ0) is 13.6. The normalized spacial score (nSPS) is 13.7. The number of rotatable bonds is 8. The Hall–Kier alpha value is -0.500. The number of hydrogen-bond donors (Lipinski definition) is 3. The summed E-state index contributed by atoms with van der Waals surface area (Å²) in [6, 6.07) is 1.64. The SMILES string of the molecule is CCC(CSC)NS(=O)(=O)c1c[nH]c(CNC)c1. The minimum Gasteiger partial charge on any atom is -0.363 e. The van der Waals surface area contributed by atoms with Gasteiger partial charge in [-0.15, -0.1) is 0 Å². The van der Waals surface area contributed by atoms with Crippen LogP contribution in [0.5, 0.6) is 0 Å². The van der Waals surface area contributed by atoms with Crippen molar-refractivity contribution in [1.29, 1.82) is 0 Å².